The van der Waals surface area contributed by atoms with E-state index < -0.39 is 10.9 Å². The van der Waals surface area contributed by atoms with Gasteiger partial charge in [-0.2, -0.15) is 0 Å². The summed E-state index contributed by atoms with van der Waals surface area (Å²) in [5, 5.41) is 10.7. The molecule has 108 valence electrons. The van der Waals surface area contributed by atoms with Crippen LogP contribution in [0.1, 0.15) is 13.3 Å². The normalized spacial score (nSPS) is 11.1. The molecule has 0 saturated heterocycles. The van der Waals surface area contributed by atoms with E-state index in [9.17, 15) is 14.9 Å². The van der Waals surface area contributed by atoms with E-state index in [4.69, 9.17) is 4.74 Å². The van der Waals surface area contributed by atoms with Crippen molar-refractivity contribution in [1.82, 2.24) is 0 Å². The van der Waals surface area contributed by atoms with Crippen LogP contribution in [0.15, 0.2) is 34.3 Å². The number of ether oxygens (including phenoxy) is 2. The number of hydrogen-bond acceptors (Lipinski definition) is 5. The van der Waals surface area contributed by atoms with Crippen molar-refractivity contribution in [3.63, 3.8) is 0 Å². The molecule has 0 heterocycles. The van der Waals surface area contributed by atoms with Crippen LogP contribution in [-0.2, 0) is 9.53 Å². The van der Waals surface area contributed by atoms with Crippen molar-refractivity contribution in [2.24, 2.45) is 0 Å². The number of rotatable bonds is 6. The molecule has 0 bridgehead atoms. The van der Waals surface area contributed by atoms with Crippen LogP contribution < -0.4 is 4.74 Å². The number of esters is 1. The number of hydrogen-bond donors (Lipinski definition) is 0. The van der Waals surface area contributed by atoms with E-state index >= 15 is 0 Å². The lowest BCUT2D eigenvalue weighted by Crippen LogP contribution is -2.06. The highest BCUT2D eigenvalue weighted by Crippen LogP contribution is 2.26. The number of nitrogens with zero attached hydrogens (tertiary/aromatic N) is 1. The number of carbonyl (C=O) groups excluding carboxylic acids is 1. The third-order valence-electron chi connectivity index (χ3n) is 2.48. The van der Waals surface area contributed by atoms with Crippen molar-refractivity contribution in [1.29, 1.82) is 0 Å². The zero-order valence-corrected chi connectivity index (χ0v) is 12.7. The largest absolute Gasteiger partial charge is 0.489 e. The maximum absolute atomic E-state index is 11.3. The molecule has 1 aromatic carbocycles. The van der Waals surface area contributed by atoms with E-state index in [1.165, 1.54) is 19.2 Å². The van der Waals surface area contributed by atoms with Crippen molar-refractivity contribution in [3.8, 4) is 5.75 Å². The Bertz CT molecular complexity index is 542. The van der Waals surface area contributed by atoms with Gasteiger partial charge in [0.05, 0.1) is 18.1 Å². The highest BCUT2D eigenvalue weighted by Gasteiger charge is 2.10. The molecular weight excluding hydrogens is 330 g/mol. The molecule has 0 atom stereocenters. The van der Waals surface area contributed by atoms with Crippen LogP contribution in [0.25, 0.3) is 0 Å². The van der Waals surface area contributed by atoms with Crippen molar-refractivity contribution >= 4 is 27.6 Å². The van der Waals surface area contributed by atoms with Crippen LogP contribution in [-0.4, -0.2) is 24.6 Å². The predicted molar refractivity (Wildman–Crippen MR) is 76.7 cm³/mol. The Balaban J connectivity index is 2.77. The third kappa shape index (κ3) is 4.65. The Kier molecular flexibility index (Phi) is 6.17. The maximum Gasteiger partial charge on any atom is 0.333 e. The van der Waals surface area contributed by atoms with Crippen LogP contribution in [0, 0.1) is 10.1 Å². The SMILES string of the molecule is CC/C(=C/COc1cc(Br)cc([N+](=O)[O-])c1)C(=O)OC. The lowest BCUT2D eigenvalue weighted by atomic mass is 10.2. The Morgan fingerprint density at radius 2 is 2.15 bits per heavy atom. The number of non-ortho nitro benzene ring substituents is 1. The highest BCUT2D eigenvalue weighted by atomic mass is 79.9. The van der Waals surface area contributed by atoms with Crippen LogP contribution in [0.2, 0.25) is 0 Å². The third-order valence-corrected chi connectivity index (χ3v) is 2.93. The van der Waals surface area contributed by atoms with Gasteiger partial charge in [-0.25, -0.2) is 4.79 Å². The number of nitro benzene ring substituents is 1. The molecular formula is C13H14BrNO5. The molecule has 0 aromatic heterocycles. The van der Waals surface area contributed by atoms with E-state index in [0.717, 1.165) is 0 Å². The van der Waals surface area contributed by atoms with E-state index in [1.807, 2.05) is 6.92 Å². The summed E-state index contributed by atoms with van der Waals surface area (Å²) >= 11 is 3.18. The van der Waals surface area contributed by atoms with Crippen molar-refractivity contribution in [2.45, 2.75) is 13.3 Å². The Morgan fingerprint density at radius 1 is 1.45 bits per heavy atom. The first kappa shape index (κ1) is 16.2. The molecule has 20 heavy (non-hydrogen) atoms. The zero-order valence-electron chi connectivity index (χ0n) is 11.1. The van der Waals surface area contributed by atoms with Gasteiger partial charge in [0, 0.05) is 16.1 Å². The first-order chi connectivity index (χ1) is 9.47. The van der Waals surface area contributed by atoms with Gasteiger partial charge in [-0.15, -0.1) is 0 Å². The fraction of sp³-hybridized carbons (Fsp3) is 0.308. The monoisotopic (exact) mass is 343 g/mol. The summed E-state index contributed by atoms with van der Waals surface area (Å²) in [5.74, 6) is -0.0565. The molecule has 0 amide bonds. The molecule has 1 aromatic rings. The van der Waals surface area contributed by atoms with Crippen LogP contribution >= 0.6 is 15.9 Å². The minimum absolute atomic E-state index is 0.0676. The lowest BCUT2D eigenvalue weighted by molar-refractivity contribution is -0.385. The standard InChI is InChI=1S/C13H14BrNO5/c1-3-9(13(16)19-2)4-5-20-12-7-10(14)6-11(8-12)15(17)18/h4,6-8H,3,5H2,1-2H3/b9-4-. The minimum atomic E-state index is -0.501. The van der Waals surface area contributed by atoms with Gasteiger partial charge in [-0.1, -0.05) is 22.9 Å². The van der Waals surface area contributed by atoms with Gasteiger partial charge in [-0.05, 0) is 18.6 Å². The second-order valence-corrected chi connectivity index (χ2v) is 4.70. The fourth-order valence-electron chi connectivity index (χ4n) is 1.48. The first-order valence-corrected chi connectivity index (χ1v) is 6.62. The highest BCUT2D eigenvalue weighted by molar-refractivity contribution is 9.10. The van der Waals surface area contributed by atoms with Crippen molar-refractivity contribution in [3.05, 3.63) is 44.4 Å². The Hall–Kier alpha value is -1.89. The Morgan fingerprint density at radius 3 is 2.70 bits per heavy atom. The van der Waals surface area contributed by atoms with Crippen molar-refractivity contribution in [2.75, 3.05) is 13.7 Å². The second-order valence-electron chi connectivity index (χ2n) is 3.79. The van der Waals surface area contributed by atoms with E-state index in [2.05, 4.69) is 20.7 Å². The van der Waals surface area contributed by atoms with Gasteiger partial charge in [0.1, 0.15) is 12.4 Å². The average molecular weight is 344 g/mol. The van der Waals surface area contributed by atoms with Gasteiger partial charge < -0.3 is 9.47 Å². The molecule has 0 saturated carbocycles. The molecule has 0 spiro atoms. The molecule has 0 radical (unpaired) electrons. The molecule has 0 fully saturated rings. The smallest absolute Gasteiger partial charge is 0.333 e. The predicted octanol–water partition coefficient (Wildman–Crippen LogP) is 3.25. The van der Waals surface area contributed by atoms with Crippen molar-refractivity contribution < 1.29 is 19.2 Å². The number of halogens is 1. The molecule has 0 aliphatic rings. The van der Waals surface area contributed by atoms with Gasteiger partial charge in [-0.3, -0.25) is 10.1 Å². The van der Waals surface area contributed by atoms with Gasteiger partial charge in [0.2, 0.25) is 0 Å². The quantitative estimate of drug-likeness (QED) is 0.343. The van der Waals surface area contributed by atoms with Crippen LogP contribution in [0.5, 0.6) is 5.75 Å². The molecule has 0 N–H and O–H groups in total. The summed E-state index contributed by atoms with van der Waals surface area (Å²) in [4.78, 5) is 21.6. The first-order valence-electron chi connectivity index (χ1n) is 5.83. The van der Waals surface area contributed by atoms with E-state index in [0.29, 0.717) is 22.2 Å². The maximum atomic E-state index is 11.3. The summed E-state index contributed by atoms with van der Waals surface area (Å²) in [6.07, 6.45) is 2.12. The Labute approximate surface area is 124 Å². The number of methoxy groups -OCH3 is 1. The second kappa shape index (κ2) is 7.64. The van der Waals surface area contributed by atoms with Crippen LogP contribution in [0.4, 0.5) is 5.69 Å². The van der Waals surface area contributed by atoms with Gasteiger partial charge in [0.25, 0.3) is 5.69 Å². The molecule has 6 nitrogen and oxygen atoms in total. The molecule has 1 rings (SSSR count). The summed E-state index contributed by atoms with van der Waals surface area (Å²) in [6, 6.07) is 4.32. The number of carbonyl (C=O) groups is 1. The summed E-state index contributed by atoms with van der Waals surface area (Å²) < 4.78 is 10.6. The summed E-state index contributed by atoms with van der Waals surface area (Å²) in [7, 11) is 1.31. The number of benzene rings is 1. The summed E-state index contributed by atoms with van der Waals surface area (Å²) in [5.41, 5.74) is 0.430. The van der Waals surface area contributed by atoms with Gasteiger partial charge in [0.15, 0.2) is 0 Å². The minimum Gasteiger partial charge on any atom is -0.489 e. The van der Waals surface area contributed by atoms with E-state index in [1.54, 1.807) is 12.1 Å². The molecule has 0 aliphatic carbocycles. The van der Waals surface area contributed by atoms with E-state index in [-0.39, 0.29) is 12.3 Å². The molecule has 7 heteroatoms. The fourth-order valence-corrected chi connectivity index (χ4v) is 1.94. The lowest BCUT2D eigenvalue weighted by Gasteiger charge is -2.06. The number of nitro groups is 1. The van der Waals surface area contributed by atoms with Crippen LogP contribution in [0.3, 0.4) is 0 Å². The molecule has 0 unspecified atom stereocenters. The molecule has 0 aliphatic heterocycles. The average Bonchev–Trinajstić information content (AvgIpc) is 2.42. The summed E-state index contributed by atoms with van der Waals surface area (Å²) in [6.45, 7) is 1.96. The van der Waals surface area contributed by atoms with Gasteiger partial charge >= 0.3 is 5.97 Å². The zero-order chi connectivity index (χ0) is 15.1. The topological polar surface area (TPSA) is 78.7 Å².